The lowest BCUT2D eigenvalue weighted by Crippen LogP contribution is -2.32. The van der Waals surface area contributed by atoms with Gasteiger partial charge in [-0.1, -0.05) is 11.8 Å². The van der Waals surface area contributed by atoms with Crippen molar-refractivity contribution in [3.63, 3.8) is 0 Å². The van der Waals surface area contributed by atoms with Gasteiger partial charge in [0.15, 0.2) is 0 Å². The molecule has 0 heterocycles. The first-order valence-corrected chi connectivity index (χ1v) is 6.70. The van der Waals surface area contributed by atoms with Gasteiger partial charge in [0.1, 0.15) is 24.7 Å². The maximum Gasteiger partial charge on any atom is 0.269 e. The second-order valence-corrected chi connectivity index (χ2v) is 4.07. The Bertz CT molecular complexity index is 681. The van der Waals surface area contributed by atoms with Crippen molar-refractivity contribution in [1.29, 1.82) is 0 Å². The van der Waals surface area contributed by atoms with E-state index in [0.29, 0.717) is 0 Å². The standard InChI is InChI=1S/C14H14N4O4.C3H4/c1-3-5-21-11-7-10(14(20)18-16)12(22-6-4-2)8-9(11)13(19)17-15;1-3-2/h1-2,7-8H,5-6,15-16H2,(H,17,19)(H,18,20);1H,2H3. The molecule has 0 aliphatic heterocycles. The van der Waals surface area contributed by atoms with Crippen molar-refractivity contribution in [2.75, 3.05) is 13.2 Å². The van der Waals surface area contributed by atoms with Gasteiger partial charge in [-0.2, -0.15) is 0 Å². The van der Waals surface area contributed by atoms with Crippen LogP contribution in [0.4, 0.5) is 0 Å². The number of nitrogen functional groups attached to an aromatic ring is 2. The highest BCUT2D eigenvalue weighted by atomic mass is 16.5. The first-order chi connectivity index (χ1) is 12.0. The van der Waals surface area contributed by atoms with E-state index in [2.05, 4.69) is 24.2 Å². The number of ether oxygens (including phenoxy) is 2. The zero-order chi connectivity index (χ0) is 19.2. The maximum absolute atomic E-state index is 11.8. The monoisotopic (exact) mass is 342 g/mol. The van der Waals surface area contributed by atoms with Gasteiger partial charge in [0.25, 0.3) is 11.8 Å². The van der Waals surface area contributed by atoms with Gasteiger partial charge in [0.05, 0.1) is 11.1 Å². The zero-order valence-corrected chi connectivity index (χ0v) is 13.6. The minimum atomic E-state index is -0.655. The molecule has 0 saturated carbocycles. The van der Waals surface area contributed by atoms with Gasteiger partial charge in [-0.3, -0.25) is 20.4 Å². The van der Waals surface area contributed by atoms with Crippen LogP contribution in [0.2, 0.25) is 0 Å². The summed E-state index contributed by atoms with van der Waals surface area (Å²) in [4.78, 5) is 23.6. The SMILES string of the molecule is C#CC.C#CCOc1cc(C(=O)NN)c(OCC#C)cc1C(=O)NN. The van der Waals surface area contributed by atoms with Crippen molar-refractivity contribution < 1.29 is 19.1 Å². The van der Waals surface area contributed by atoms with Gasteiger partial charge in [-0.05, 0) is 19.1 Å². The second-order valence-electron chi connectivity index (χ2n) is 4.07. The maximum atomic E-state index is 11.8. The summed E-state index contributed by atoms with van der Waals surface area (Å²) in [5, 5.41) is 0. The molecule has 0 aromatic heterocycles. The molecular formula is C17H18N4O4. The van der Waals surface area contributed by atoms with Gasteiger partial charge in [0, 0.05) is 0 Å². The third-order valence-electron chi connectivity index (χ3n) is 2.46. The summed E-state index contributed by atoms with van der Waals surface area (Å²) in [5.41, 5.74) is 3.96. The molecule has 1 aromatic carbocycles. The average Bonchev–Trinajstić information content (AvgIpc) is 2.63. The number of amides is 2. The largest absolute Gasteiger partial charge is 0.480 e. The quantitative estimate of drug-likeness (QED) is 0.240. The van der Waals surface area contributed by atoms with Crippen LogP contribution in [0.3, 0.4) is 0 Å². The Hall–Kier alpha value is -3.64. The molecule has 130 valence electrons. The van der Waals surface area contributed by atoms with Crippen molar-refractivity contribution in [2.24, 2.45) is 11.7 Å². The molecule has 8 heteroatoms. The number of hydrogen-bond acceptors (Lipinski definition) is 6. The van der Waals surface area contributed by atoms with Gasteiger partial charge in [-0.25, -0.2) is 11.7 Å². The molecule has 0 bridgehead atoms. The molecule has 6 N–H and O–H groups in total. The number of nitrogens with two attached hydrogens (primary N) is 2. The van der Waals surface area contributed by atoms with E-state index in [1.165, 1.54) is 12.1 Å². The lowest BCUT2D eigenvalue weighted by molar-refractivity contribution is 0.0935. The lowest BCUT2D eigenvalue weighted by Gasteiger charge is -2.14. The van der Waals surface area contributed by atoms with Crippen LogP contribution in [-0.2, 0) is 0 Å². The van der Waals surface area contributed by atoms with Gasteiger partial charge >= 0.3 is 0 Å². The smallest absolute Gasteiger partial charge is 0.269 e. The number of rotatable bonds is 6. The van der Waals surface area contributed by atoms with Crippen LogP contribution in [-0.4, -0.2) is 25.0 Å². The fourth-order valence-electron chi connectivity index (χ4n) is 1.55. The topological polar surface area (TPSA) is 129 Å². The third kappa shape index (κ3) is 6.55. The lowest BCUT2D eigenvalue weighted by atomic mass is 10.1. The van der Waals surface area contributed by atoms with E-state index < -0.39 is 11.8 Å². The van der Waals surface area contributed by atoms with Crippen molar-refractivity contribution >= 4 is 11.8 Å². The Morgan fingerprint density at radius 1 is 0.960 bits per heavy atom. The average molecular weight is 342 g/mol. The number of carbonyl (C=O) groups excluding carboxylic acids is 2. The molecule has 0 aliphatic carbocycles. The summed E-state index contributed by atoms with van der Waals surface area (Å²) < 4.78 is 10.5. The molecule has 25 heavy (non-hydrogen) atoms. The van der Waals surface area contributed by atoms with Crippen LogP contribution < -0.4 is 32.0 Å². The van der Waals surface area contributed by atoms with Crippen molar-refractivity contribution in [3.8, 4) is 48.5 Å². The van der Waals surface area contributed by atoms with Crippen molar-refractivity contribution in [1.82, 2.24) is 10.9 Å². The van der Waals surface area contributed by atoms with E-state index in [1.807, 2.05) is 10.9 Å². The number of hydrazine groups is 2. The van der Waals surface area contributed by atoms with Crippen molar-refractivity contribution in [3.05, 3.63) is 23.3 Å². The highest BCUT2D eigenvalue weighted by Crippen LogP contribution is 2.29. The third-order valence-corrected chi connectivity index (χ3v) is 2.46. The fraction of sp³-hybridized carbons (Fsp3) is 0.176. The second kappa shape index (κ2) is 11.9. The molecule has 2 amide bonds. The molecule has 1 aromatic rings. The summed E-state index contributed by atoms with van der Waals surface area (Å²) in [7, 11) is 0. The van der Waals surface area contributed by atoms with Gasteiger partial charge < -0.3 is 9.47 Å². The van der Waals surface area contributed by atoms with Crippen LogP contribution >= 0.6 is 0 Å². The number of hydrogen-bond donors (Lipinski definition) is 4. The molecule has 8 nitrogen and oxygen atoms in total. The van der Waals surface area contributed by atoms with Gasteiger partial charge in [-0.15, -0.1) is 25.2 Å². The summed E-state index contributed by atoms with van der Waals surface area (Å²) in [6, 6.07) is 2.52. The number of carbonyl (C=O) groups is 2. The predicted octanol–water partition coefficient (Wildman–Crippen LogP) is -0.443. The van der Waals surface area contributed by atoms with Crippen LogP contribution in [0.15, 0.2) is 12.1 Å². The first kappa shape index (κ1) is 21.4. The summed E-state index contributed by atoms with van der Waals surface area (Å²) in [5.74, 6) is 15.7. The molecule has 0 unspecified atom stereocenters. The molecule has 0 aliphatic rings. The van der Waals surface area contributed by atoms with E-state index >= 15 is 0 Å². The minimum absolute atomic E-state index is 0.0262. The van der Waals surface area contributed by atoms with Gasteiger partial charge in [0.2, 0.25) is 0 Å². The summed E-state index contributed by atoms with van der Waals surface area (Å²) in [6.07, 6.45) is 14.8. The molecule has 0 spiro atoms. The van der Waals surface area contributed by atoms with E-state index in [4.69, 9.17) is 34.0 Å². The van der Waals surface area contributed by atoms with E-state index in [-0.39, 0.29) is 35.8 Å². The number of terminal acetylenes is 3. The Balaban J connectivity index is 0.00000178. The van der Waals surface area contributed by atoms with E-state index in [0.717, 1.165) is 0 Å². The molecule has 0 atom stereocenters. The van der Waals surface area contributed by atoms with E-state index in [9.17, 15) is 9.59 Å². The van der Waals surface area contributed by atoms with Crippen molar-refractivity contribution in [2.45, 2.75) is 6.92 Å². The van der Waals surface area contributed by atoms with Crippen LogP contribution in [0.25, 0.3) is 0 Å². The molecular weight excluding hydrogens is 324 g/mol. The number of benzene rings is 1. The molecule has 0 radical (unpaired) electrons. The van der Waals surface area contributed by atoms with E-state index in [1.54, 1.807) is 6.92 Å². The first-order valence-electron chi connectivity index (χ1n) is 6.70. The predicted molar refractivity (Wildman–Crippen MR) is 92.9 cm³/mol. The minimum Gasteiger partial charge on any atom is -0.480 e. The normalized spacial score (nSPS) is 8.32. The molecule has 0 saturated heterocycles. The Morgan fingerprint density at radius 2 is 1.28 bits per heavy atom. The fourth-order valence-corrected chi connectivity index (χ4v) is 1.55. The molecule has 1 rings (SSSR count). The summed E-state index contributed by atoms with van der Waals surface area (Å²) >= 11 is 0. The summed E-state index contributed by atoms with van der Waals surface area (Å²) in [6.45, 7) is 1.43. The highest BCUT2D eigenvalue weighted by molar-refractivity contribution is 6.02. The number of nitrogens with one attached hydrogen (secondary N) is 2. The van der Waals surface area contributed by atoms with Crippen LogP contribution in [0, 0.1) is 37.0 Å². The van der Waals surface area contributed by atoms with Crippen LogP contribution in [0.5, 0.6) is 11.5 Å². The highest BCUT2D eigenvalue weighted by Gasteiger charge is 2.20. The molecule has 0 fully saturated rings. The Kier molecular flexibility index (Phi) is 10.1. The Morgan fingerprint density at radius 3 is 1.52 bits per heavy atom. The zero-order valence-electron chi connectivity index (χ0n) is 13.6. The van der Waals surface area contributed by atoms with Crippen LogP contribution in [0.1, 0.15) is 27.6 Å². The Labute approximate surface area is 146 Å².